The van der Waals surface area contributed by atoms with E-state index in [9.17, 15) is 14.7 Å². The van der Waals surface area contributed by atoms with Crippen LogP contribution in [0.2, 0.25) is 0 Å². The molecule has 0 aliphatic carbocycles. The molecule has 34 heavy (non-hydrogen) atoms. The lowest BCUT2D eigenvalue weighted by molar-refractivity contribution is -0.137. The van der Waals surface area contributed by atoms with Crippen molar-refractivity contribution in [3.63, 3.8) is 0 Å². The number of nitrogens with zero attached hydrogens (tertiary/aromatic N) is 4. The minimum absolute atomic E-state index is 0.00289. The lowest BCUT2D eigenvalue weighted by Gasteiger charge is -2.37. The standard InChI is InChI=1S/C26H30N4O4/c1-17-22(18(2)34-27-17)16-28-12-14-29(15-13-28)26(33)23-8-5-11-30(23)25(32)21-10-9-19-6-3-4-7-20(19)24(21)31/h3-4,6-7,9-10,23,31H,5,8,11-16H2,1-2H3. The van der Waals surface area contributed by atoms with Crippen LogP contribution in [0.5, 0.6) is 5.75 Å². The lowest BCUT2D eigenvalue weighted by atomic mass is 10.0. The van der Waals surface area contributed by atoms with Gasteiger partial charge in [-0.05, 0) is 38.1 Å². The molecule has 0 radical (unpaired) electrons. The fourth-order valence-electron chi connectivity index (χ4n) is 5.14. The van der Waals surface area contributed by atoms with Crippen molar-refractivity contribution in [1.29, 1.82) is 0 Å². The van der Waals surface area contributed by atoms with Crippen LogP contribution in [-0.2, 0) is 11.3 Å². The van der Waals surface area contributed by atoms with Gasteiger partial charge in [0.2, 0.25) is 5.91 Å². The number of amides is 2. The molecule has 2 aromatic carbocycles. The van der Waals surface area contributed by atoms with E-state index in [2.05, 4.69) is 10.1 Å². The lowest BCUT2D eigenvalue weighted by Crippen LogP contribution is -2.54. The van der Waals surface area contributed by atoms with Gasteiger partial charge in [-0.3, -0.25) is 14.5 Å². The molecular weight excluding hydrogens is 432 g/mol. The Balaban J connectivity index is 1.26. The first-order valence-corrected chi connectivity index (χ1v) is 11.9. The summed E-state index contributed by atoms with van der Waals surface area (Å²) < 4.78 is 5.27. The maximum absolute atomic E-state index is 13.4. The molecule has 1 N–H and O–H groups in total. The van der Waals surface area contributed by atoms with Crippen molar-refractivity contribution in [3.05, 3.63) is 59.0 Å². The van der Waals surface area contributed by atoms with Gasteiger partial charge in [0, 0.05) is 50.2 Å². The second kappa shape index (κ2) is 9.10. The molecule has 5 rings (SSSR count). The molecule has 8 nitrogen and oxygen atoms in total. The van der Waals surface area contributed by atoms with E-state index in [0.29, 0.717) is 31.4 Å². The summed E-state index contributed by atoms with van der Waals surface area (Å²) in [6.45, 7) is 7.94. The van der Waals surface area contributed by atoms with Gasteiger partial charge in [0.1, 0.15) is 17.6 Å². The number of carbonyl (C=O) groups excluding carboxylic acids is 2. The van der Waals surface area contributed by atoms with Crippen LogP contribution < -0.4 is 0 Å². The molecule has 3 heterocycles. The first-order valence-electron chi connectivity index (χ1n) is 11.9. The SMILES string of the molecule is Cc1noc(C)c1CN1CCN(C(=O)C2CCCN2C(=O)c2ccc3ccccc3c2O)CC1. The number of phenols is 1. The number of hydrogen-bond donors (Lipinski definition) is 1. The molecule has 2 aliphatic rings. The summed E-state index contributed by atoms with van der Waals surface area (Å²) in [6, 6.07) is 10.5. The van der Waals surface area contributed by atoms with Crippen LogP contribution in [-0.4, -0.2) is 75.5 Å². The van der Waals surface area contributed by atoms with Crippen molar-refractivity contribution in [2.45, 2.75) is 39.3 Å². The molecular formula is C26H30N4O4. The van der Waals surface area contributed by atoms with E-state index in [0.717, 1.165) is 48.5 Å². The van der Waals surface area contributed by atoms with Gasteiger partial charge in [0.25, 0.3) is 5.91 Å². The van der Waals surface area contributed by atoms with Gasteiger partial charge in [0.15, 0.2) is 0 Å². The summed E-state index contributed by atoms with van der Waals surface area (Å²) in [5.41, 5.74) is 2.28. The quantitative estimate of drug-likeness (QED) is 0.641. The maximum Gasteiger partial charge on any atom is 0.258 e. The number of benzene rings is 2. The zero-order valence-corrected chi connectivity index (χ0v) is 19.7. The Morgan fingerprint density at radius 1 is 1.06 bits per heavy atom. The third kappa shape index (κ3) is 4.03. The topological polar surface area (TPSA) is 90.1 Å². The van der Waals surface area contributed by atoms with Crippen LogP contribution in [0, 0.1) is 13.8 Å². The zero-order valence-electron chi connectivity index (χ0n) is 19.7. The molecule has 0 spiro atoms. The van der Waals surface area contributed by atoms with Crippen molar-refractivity contribution in [1.82, 2.24) is 19.9 Å². The van der Waals surface area contributed by atoms with Gasteiger partial charge >= 0.3 is 0 Å². The van der Waals surface area contributed by atoms with Gasteiger partial charge in [-0.1, -0.05) is 35.5 Å². The van der Waals surface area contributed by atoms with Crippen LogP contribution in [0.25, 0.3) is 10.8 Å². The smallest absolute Gasteiger partial charge is 0.258 e. The van der Waals surface area contributed by atoms with Crippen LogP contribution in [0.1, 0.15) is 40.2 Å². The van der Waals surface area contributed by atoms with Crippen LogP contribution >= 0.6 is 0 Å². The number of rotatable bonds is 4. The van der Waals surface area contributed by atoms with E-state index in [1.807, 2.05) is 43.0 Å². The fourth-order valence-corrected chi connectivity index (χ4v) is 5.14. The van der Waals surface area contributed by atoms with Gasteiger partial charge in [0.05, 0.1) is 11.3 Å². The predicted molar refractivity (Wildman–Crippen MR) is 128 cm³/mol. The van der Waals surface area contributed by atoms with Crippen LogP contribution in [0.3, 0.4) is 0 Å². The highest BCUT2D eigenvalue weighted by Crippen LogP contribution is 2.31. The highest BCUT2D eigenvalue weighted by atomic mass is 16.5. The molecule has 1 atom stereocenters. The number of aryl methyl sites for hydroxylation is 2. The highest BCUT2D eigenvalue weighted by molar-refractivity contribution is 6.05. The molecule has 8 heteroatoms. The van der Waals surface area contributed by atoms with E-state index < -0.39 is 6.04 Å². The minimum atomic E-state index is -0.479. The number of aromatic hydroxyl groups is 1. The highest BCUT2D eigenvalue weighted by Gasteiger charge is 2.38. The van der Waals surface area contributed by atoms with Crippen molar-refractivity contribution >= 4 is 22.6 Å². The van der Waals surface area contributed by atoms with Crippen molar-refractivity contribution in [2.75, 3.05) is 32.7 Å². The van der Waals surface area contributed by atoms with Crippen LogP contribution in [0.4, 0.5) is 0 Å². The molecule has 0 saturated carbocycles. The van der Waals surface area contributed by atoms with E-state index in [-0.39, 0.29) is 23.1 Å². The number of carbonyl (C=O) groups is 2. The molecule has 178 valence electrons. The largest absolute Gasteiger partial charge is 0.506 e. The predicted octanol–water partition coefficient (Wildman–Crippen LogP) is 3.10. The fraction of sp³-hybridized carbons (Fsp3) is 0.423. The first kappa shape index (κ1) is 22.4. The Morgan fingerprint density at radius 2 is 1.82 bits per heavy atom. The number of phenolic OH excluding ortho intramolecular Hbond substituents is 1. The van der Waals surface area contributed by atoms with E-state index in [1.54, 1.807) is 17.0 Å². The summed E-state index contributed by atoms with van der Waals surface area (Å²) in [4.78, 5) is 32.6. The van der Waals surface area contributed by atoms with E-state index in [1.165, 1.54) is 0 Å². The molecule has 3 aromatic rings. The monoisotopic (exact) mass is 462 g/mol. The summed E-state index contributed by atoms with van der Waals surface area (Å²) in [7, 11) is 0. The average molecular weight is 463 g/mol. The average Bonchev–Trinajstić information content (AvgIpc) is 3.47. The second-order valence-electron chi connectivity index (χ2n) is 9.24. The Hall–Kier alpha value is -3.39. The molecule has 2 saturated heterocycles. The Morgan fingerprint density at radius 3 is 2.56 bits per heavy atom. The number of aromatic nitrogens is 1. The molecule has 2 aliphatic heterocycles. The van der Waals surface area contributed by atoms with Crippen LogP contribution in [0.15, 0.2) is 40.9 Å². The third-order valence-corrected chi connectivity index (χ3v) is 7.18. The van der Waals surface area contributed by atoms with Crippen molar-refractivity contribution in [3.8, 4) is 5.75 Å². The Labute approximate surface area is 198 Å². The van der Waals surface area contributed by atoms with Crippen molar-refractivity contribution in [2.24, 2.45) is 0 Å². The Kier molecular flexibility index (Phi) is 6.00. The minimum Gasteiger partial charge on any atom is -0.506 e. The number of piperazine rings is 1. The molecule has 2 fully saturated rings. The van der Waals surface area contributed by atoms with Gasteiger partial charge in [-0.2, -0.15) is 0 Å². The maximum atomic E-state index is 13.4. The van der Waals surface area contributed by atoms with E-state index in [4.69, 9.17) is 4.52 Å². The molecule has 0 bridgehead atoms. The number of likely N-dealkylation sites (tertiary alicyclic amines) is 1. The molecule has 2 amide bonds. The summed E-state index contributed by atoms with van der Waals surface area (Å²) in [5.74, 6) is 0.543. The Bertz CT molecular complexity index is 1210. The van der Waals surface area contributed by atoms with E-state index >= 15 is 0 Å². The third-order valence-electron chi connectivity index (χ3n) is 7.18. The number of fused-ring (bicyclic) bond motifs is 1. The summed E-state index contributed by atoms with van der Waals surface area (Å²) in [6.07, 6.45) is 1.43. The second-order valence-corrected chi connectivity index (χ2v) is 9.24. The van der Waals surface area contributed by atoms with Gasteiger partial charge < -0.3 is 19.4 Å². The van der Waals surface area contributed by atoms with Gasteiger partial charge in [-0.15, -0.1) is 0 Å². The zero-order chi connectivity index (χ0) is 23.8. The van der Waals surface area contributed by atoms with Crippen molar-refractivity contribution < 1.29 is 19.2 Å². The molecule has 1 aromatic heterocycles. The summed E-state index contributed by atoms with van der Waals surface area (Å²) >= 11 is 0. The normalized spacial score (nSPS) is 19.2. The van der Waals surface area contributed by atoms with Gasteiger partial charge in [-0.25, -0.2) is 0 Å². The molecule has 1 unspecified atom stereocenters. The number of hydrogen-bond acceptors (Lipinski definition) is 6. The summed E-state index contributed by atoms with van der Waals surface area (Å²) in [5, 5.41) is 16.3. The first-order chi connectivity index (χ1) is 16.4.